The van der Waals surface area contributed by atoms with Crippen molar-refractivity contribution in [2.45, 2.75) is 36.4 Å². The van der Waals surface area contributed by atoms with Crippen molar-refractivity contribution in [1.29, 1.82) is 0 Å². The topological polar surface area (TPSA) is 93.5 Å². The van der Waals surface area contributed by atoms with E-state index in [1.54, 1.807) is 18.3 Å². The Balaban J connectivity index is 1.31. The van der Waals surface area contributed by atoms with Crippen LogP contribution in [0.4, 0.5) is 0 Å². The minimum Gasteiger partial charge on any atom is -0.379 e. The SMILES string of the molecule is Cc1ccccc1-n1ncc(C(=O)NCc2ccc(S(=O)(=O)N3CCOCC3)s2)c1C1CC1. The Hall–Kier alpha value is -2.53. The van der Waals surface area contributed by atoms with Gasteiger partial charge in [-0.1, -0.05) is 18.2 Å². The predicted molar refractivity (Wildman–Crippen MR) is 125 cm³/mol. The second-order valence-electron chi connectivity index (χ2n) is 8.34. The molecule has 1 saturated carbocycles. The molecule has 2 aromatic heterocycles. The molecular weight excluding hydrogens is 460 g/mol. The number of ether oxygens (including phenoxy) is 1. The Kier molecular flexibility index (Phi) is 6.09. The fourth-order valence-electron chi connectivity index (χ4n) is 4.04. The normalized spacial score (nSPS) is 17.2. The zero-order chi connectivity index (χ0) is 23.0. The van der Waals surface area contributed by atoms with Gasteiger partial charge in [-0.2, -0.15) is 9.40 Å². The number of carbonyl (C=O) groups excluding carboxylic acids is 1. The molecular formula is C23H26N4O4S2. The first kappa shape index (κ1) is 22.3. The predicted octanol–water partition coefficient (Wildman–Crippen LogP) is 3.07. The number of morpholine rings is 1. The van der Waals surface area contributed by atoms with E-state index in [4.69, 9.17) is 4.74 Å². The molecule has 2 fully saturated rings. The van der Waals surface area contributed by atoms with Gasteiger partial charge in [0.1, 0.15) is 4.21 Å². The molecule has 0 radical (unpaired) electrons. The summed E-state index contributed by atoms with van der Waals surface area (Å²) in [7, 11) is -3.53. The second kappa shape index (κ2) is 9.02. The van der Waals surface area contributed by atoms with Crippen LogP contribution in [-0.4, -0.2) is 54.7 Å². The molecule has 8 nitrogen and oxygen atoms in total. The summed E-state index contributed by atoms with van der Waals surface area (Å²) >= 11 is 1.19. The lowest BCUT2D eigenvalue weighted by molar-refractivity contribution is 0.0731. The van der Waals surface area contributed by atoms with Crippen LogP contribution in [0.1, 0.15) is 45.3 Å². The molecule has 0 bridgehead atoms. The highest BCUT2D eigenvalue weighted by molar-refractivity contribution is 7.91. The maximum Gasteiger partial charge on any atom is 0.255 e. The molecule has 5 rings (SSSR count). The molecule has 1 aromatic carbocycles. The number of amides is 1. The van der Waals surface area contributed by atoms with Crippen molar-refractivity contribution in [1.82, 2.24) is 19.4 Å². The Morgan fingerprint density at radius 2 is 1.94 bits per heavy atom. The Labute approximate surface area is 197 Å². The first-order chi connectivity index (χ1) is 15.9. The first-order valence-electron chi connectivity index (χ1n) is 11.0. The van der Waals surface area contributed by atoms with Crippen molar-refractivity contribution in [3.05, 3.63) is 64.3 Å². The first-order valence-corrected chi connectivity index (χ1v) is 13.3. The molecule has 0 unspecified atom stereocenters. The number of hydrogen-bond donors (Lipinski definition) is 1. The van der Waals surface area contributed by atoms with E-state index in [-0.39, 0.29) is 12.5 Å². The summed E-state index contributed by atoms with van der Waals surface area (Å²) in [5, 5.41) is 7.49. The van der Waals surface area contributed by atoms with Crippen LogP contribution in [0.15, 0.2) is 46.8 Å². The second-order valence-corrected chi connectivity index (χ2v) is 11.7. The van der Waals surface area contributed by atoms with Gasteiger partial charge in [0.25, 0.3) is 15.9 Å². The van der Waals surface area contributed by atoms with Crippen LogP contribution in [0.5, 0.6) is 0 Å². The fraction of sp³-hybridized carbons (Fsp3) is 0.391. The lowest BCUT2D eigenvalue weighted by Gasteiger charge is -2.25. The summed E-state index contributed by atoms with van der Waals surface area (Å²) < 4.78 is 34.6. The van der Waals surface area contributed by atoms with Gasteiger partial charge in [-0.15, -0.1) is 11.3 Å². The highest BCUT2D eigenvalue weighted by Crippen LogP contribution is 2.42. The van der Waals surface area contributed by atoms with Crippen molar-refractivity contribution < 1.29 is 17.9 Å². The summed E-state index contributed by atoms with van der Waals surface area (Å²) in [5.74, 6) is 0.141. The standard InChI is InChI=1S/C23H26N4O4S2/c1-16-4-2-3-5-20(16)27-22(17-6-7-17)19(15-25-27)23(28)24-14-18-8-9-21(32-18)33(29,30)26-10-12-31-13-11-26/h2-5,8-9,15,17H,6-7,10-14H2,1H3,(H,24,28). The maximum atomic E-state index is 13.1. The van der Waals surface area contributed by atoms with Crippen molar-refractivity contribution in [2.75, 3.05) is 26.3 Å². The molecule has 3 heterocycles. The van der Waals surface area contributed by atoms with E-state index in [0.717, 1.165) is 34.7 Å². The van der Waals surface area contributed by atoms with E-state index in [1.807, 2.05) is 35.9 Å². The van der Waals surface area contributed by atoms with Crippen molar-refractivity contribution in [2.24, 2.45) is 0 Å². The zero-order valence-electron chi connectivity index (χ0n) is 18.4. The molecule has 10 heteroatoms. The van der Waals surface area contributed by atoms with Gasteiger partial charge in [0, 0.05) is 23.9 Å². The van der Waals surface area contributed by atoms with Crippen molar-refractivity contribution in [3.63, 3.8) is 0 Å². The number of aryl methyl sites for hydroxylation is 1. The number of nitrogens with one attached hydrogen (secondary N) is 1. The van der Waals surface area contributed by atoms with Crippen LogP contribution in [0.3, 0.4) is 0 Å². The summed E-state index contributed by atoms with van der Waals surface area (Å²) in [4.78, 5) is 13.8. The van der Waals surface area contributed by atoms with Gasteiger partial charge in [0.2, 0.25) is 0 Å². The lowest BCUT2D eigenvalue weighted by Crippen LogP contribution is -2.40. The van der Waals surface area contributed by atoms with Crippen LogP contribution < -0.4 is 5.32 Å². The maximum absolute atomic E-state index is 13.1. The van der Waals surface area contributed by atoms with Crippen LogP contribution in [0.25, 0.3) is 5.69 Å². The van der Waals surface area contributed by atoms with E-state index in [2.05, 4.69) is 10.4 Å². The molecule has 1 aliphatic carbocycles. The molecule has 1 amide bonds. The van der Waals surface area contributed by atoms with Gasteiger partial charge < -0.3 is 10.1 Å². The summed E-state index contributed by atoms with van der Waals surface area (Å²) in [6.07, 6.45) is 3.73. The quantitative estimate of drug-likeness (QED) is 0.554. The number of thiophene rings is 1. The van der Waals surface area contributed by atoms with E-state index in [0.29, 0.717) is 42.0 Å². The Bertz CT molecular complexity index is 1270. The number of hydrogen-bond acceptors (Lipinski definition) is 6. The highest BCUT2D eigenvalue weighted by Gasteiger charge is 2.33. The van der Waals surface area contributed by atoms with Gasteiger partial charge in [-0.05, 0) is 43.5 Å². The van der Waals surface area contributed by atoms with E-state index >= 15 is 0 Å². The monoisotopic (exact) mass is 486 g/mol. The van der Waals surface area contributed by atoms with Crippen LogP contribution >= 0.6 is 11.3 Å². The van der Waals surface area contributed by atoms with Crippen LogP contribution in [-0.2, 0) is 21.3 Å². The smallest absolute Gasteiger partial charge is 0.255 e. The molecule has 1 saturated heterocycles. The van der Waals surface area contributed by atoms with E-state index < -0.39 is 10.0 Å². The van der Waals surface area contributed by atoms with Gasteiger partial charge >= 0.3 is 0 Å². The lowest BCUT2D eigenvalue weighted by atomic mass is 10.1. The van der Waals surface area contributed by atoms with Gasteiger partial charge in [-0.25, -0.2) is 13.1 Å². The Morgan fingerprint density at radius 1 is 1.18 bits per heavy atom. The molecule has 2 aliphatic rings. The van der Waals surface area contributed by atoms with Gasteiger partial charge in [0.05, 0.1) is 42.9 Å². The van der Waals surface area contributed by atoms with Gasteiger partial charge in [0.15, 0.2) is 0 Å². The number of nitrogens with zero attached hydrogens (tertiary/aromatic N) is 3. The molecule has 0 atom stereocenters. The third-order valence-corrected chi connectivity index (χ3v) is 9.43. The van der Waals surface area contributed by atoms with E-state index in [9.17, 15) is 13.2 Å². The average Bonchev–Trinajstić information content (AvgIpc) is 3.38. The largest absolute Gasteiger partial charge is 0.379 e. The number of aromatic nitrogens is 2. The average molecular weight is 487 g/mol. The molecule has 1 N–H and O–H groups in total. The van der Waals surface area contributed by atoms with Crippen LogP contribution in [0.2, 0.25) is 0 Å². The minimum atomic E-state index is -3.53. The molecule has 1 aliphatic heterocycles. The number of para-hydroxylation sites is 1. The van der Waals surface area contributed by atoms with E-state index in [1.165, 1.54) is 15.6 Å². The third kappa shape index (κ3) is 4.48. The van der Waals surface area contributed by atoms with Crippen molar-refractivity contribution in [3.8, 4) is 5.69 Å². The zero-order valence-corrected chi connectivity index (χ0v) is 20.0. The number of carbonyl (C=O) groups is 1. The third-order valence-electron chi connectivity index (χ3n) is 5.98. The highest BCUT2D eigenvalue weighted by atomic mass is 32.2. The molecule has 33 heavy (non-hydrogen) atoms. The molecule has 3 aromatic rings. The van der Waals surface area contributed by atoms with Crippen LogP contribution in [0, 0.1) is 6.92 Å². The molecule has 174 valence electrons. The summed E-state index contributed by atoms with van der Waals surface area (Å²) in [6, 6.07) is 11.4. The number of rotatable bonds is 7. The molecule has 0 spiro atoms. The number of sulfonamides is 1. The Morgan fingerprint density at radius 3 is 2.67 bits per heavy atom. The summed E-state index contributed by atoms with van der Waals surface area (Å²) in [6.45, 7) is 3.84. The van der Waals surface area contributed by atoms with Crippen molar-refractivity contribution >= 4 is 27.3 Å². The minimum absolute atomic E-state index is 0.192. The van der Waals surface area contributed by atoms with Gasteiger partial charge in [-0.3, -0.25) is 4.79 Å². The summed E-state index contributed by atoms with van der Waals surface area (Å²) in [5.41, 5.74) is 3.61. The fourth-order valence-corrected chi connectivity index (χ4v) is 6.90. The number of benzene rings is 1.